The van der Waals surface area contributed by atoms with Crippen molar-refractivity contribution in [3.8, 4) is 11.5 Å². The standard InChI is InChI=1S/C23H29NO3/c1-2-3-4-5-6-7-12-17-26-23(25)24-22-18-13-8-10-15-20(18)27-21-16-11-9-14-19(21)22/h8-11,13-16,22H,2-7,12,17H2,1H3,(H,24,25). The Hall–Kier alpha value is -2.49. The molecule has 1 aliphatic rings. The van der Waals surface area contributed by atoms with Crippen LogP contribution in [0.1, 0.15) is 69.0 Å². The molecule has 2 aromatic rings. The third kappa shape index (κ3) is 5.25. The van der Waals surface area contributed by atoms with Gasteiger partial charge in [-0.3, -0.25) is 0 Å². The van der Waals surface area contributed by atoms with Crippen molar-refractivity contribution in [1.82, 2.24) is 5.32 Å². The number of alkyl carbamates (subject to hydrolysis) is 1. The number of fused-ring (bicyclic) bond motifs is 2. The van der Waals surface area contributed by atoms with Crippen molar-refractivity contribution >= 4 is 6.09 Å². The number of carbonyl (C=O) groups is 1. The summed E-state index contributed by atoms with van der Waals surface area (Å²) >= 11 is 0. The van der Waals surface area contributed by atoms with Gasteiger partial charge in [0.1, 0.15) is 11.5 Å². The summed E-state index contributed by atoms with van der Waals surface area (Å²) in [6.07, 6.45) is 8.02. The molecule has 0 saturated carbocycles. The first kappa shape index (κ1) is 19.3. The summed E-state index contributed by atoms with van der Waals surface area (Å²) in [6, 6.07) is 15.3. The quantitative estimate of drug-likeness (QED) is 0.525. The van der Waals surface area contributed by atoms with E-state index in [1.807, 2.05) is 48.5 Å². The zero-order valence-electron chi connectivity index (χ0n) is 16.1. The third-order valence-corrected chi connectivity index (χ3v) is 4.92. The minimum Gasteiger partial charge on any atom is -0.457 e. The highest BCUT2D eigenvalue weighted by Crippen LogP contribution is 2.42. The maximum absolute atomic E-state index is 12.3. The molecule has 0 unspecified atom stereocenters. The summed E-state index contributed by atoms with van der Waals surface area (Å²) < 4.78 is 11.4. The van der Waals surface area contributed by atoms with Crippen molar-refractivity contribution in [1.29, 1.82) is 0 Å². The number of nitrogens with one attached hydrogen (secondary N) is 1. The number of carbonyl (C=O) groups excluding carboxylic acids is 1. The van der Waals surface area contributed by atoms with Gasteiger partial charge in [-0.05, 0) is 18.6 Å². The molecule has 1 N–H and O–H groups in total. The molecule has 1 heterocycles. The van der Waals surface area contributed by atoms with E-state index in [0.29, 0.717) is 6.61 Å². The van der Waals surface area contributed by atoms with E-state index in [2.05, 4.69) is 12.2 Å². The van der Waals surface area contributed by atoms with Gasteiger partial charge < -0.3 is 14.8 Å². The molecule has 0 fully saturated rings. The first-order valence-corrected chi connectivity index (χ1v) is 10.1. The summed E-state index contributed by atoms with van der Waals surface area (Å²) in [6.45, 7) is 2.69. The molecule has 27 heavy (non-hydrogen) atoms. The van der Waals surface area contributed by atoms with Gasteiger partial charge in [0, 0.05) is 11.1 Å². The molecule has 2 aromatic carbocycles. The van der Waals surface area contributed by atoms with Crippen molar-refractivity contribution in [2.45, 2.75) is 57.9 Å². The molecule has 144 valence electrons. The summed E-state index contributed by atoms with van der Waals surface area (Å²) in [4.78, 5) is 12.3. The zero-order valence-corrected chi connectivity index (χ0v) is 16.1. The van der Waals surface area contributed by atoms with Gasteiger partial charge in [-0.25, -0.2) is 4.79 Å². The SMILES string of the molecule is CCCCCCCCCOC(=O)NC1c2ccccc2Oc2ccccc21. The molecule has 1 aliphatic heterocycles. The van der Waals surface area contributed by atoms with E-state index in [9.17, 15) is 4.79 Å². The van der Waals surface area contributed by atoms with Crippen LogP contribution in [0.5, 0.6) is 11.5 Å². The van der Waals surface area contributed by atoms with E-state index >= 15 is 0 Å². The maximum Gasteiger partial charge on any atom is 0.407 e. The van der Waals surface area contributed by atoms with Crippen LogP contribution in [0.3, 0.4) is 0 Å². The number of rotatable bonds is 9. The average molecular weight is 367 g/mol. The van der Waals surface area contributed by atoms with Crippen LogP contribution in [-0.4, -0.2) is 12.7 Å². The van der Waals surface area contributed by atoms with Crippen LogP contribution >= 0.6 is 0 Å². The Balaban J connectivity index is 1.51. The van der Waals surface area contributed by atoms with E-state index in [0.717, 1.165) is 35.5 Å². The Morgan fingerprint density at radius 2 is 1.44 bits per heavy atom. The van der Waals surface area contributed by atoms with E-state index in [4.69, 9.17) is 9.47 Å². The normalized spacial score (nSPS) is 12.6. The summed E-state index contributed by atoms with van der Waals surface area (Å²) in [5, 5.41) is 3.01. The molecular weight excluding hydrogens is 338 g/mol. The predicted octanol–water partition coefficient (Wildman–Crippen LogP) is 6.36. The van der Waals surface area contributed by atoms with Crippen LogP contribution in [0.4, 0.5) is 4.79 Å². The van der Waals surface area contributed by atoms with Crippen molar-refractivity contribution in [3.63, 3.8) is 0 Å². The number of amides is 1. The van der Waals surface area contributed by atoms with Gasteiger partial charge in [0.05, 0.1) is 12.6 Å². The zero-order chi connectivity index (χ0) is 18.9. The molecular formula is C23H29NO3. The second-order valence-electron chi connectivity index (χ2n) is 7.01. The van der Waals surface area contributed by atoms with Gasteiger partial charge in [-0.1, -0.05) is 81.8 Å². The van der Waals surface area contributed by atoms with Crippen LogP contribution in [0.15, 0.2) is 48.5 Å². The van der Waals surface area contributed by atoms with E-state index < -0.39 is 0 Å². The first-order valence-electron chi connectivity index (χ1n) is 10.1. The molecule has 4 heteroatoms. The van der Waals surface area contributed by atoms with Crippen LogP contribution in [0.2, 0.25) is 0 Å². The number of ether oxygens (including phenoxy) is 2. The van der Waals surface area contributed by atoms with Crippen molar-refractivity contribution in [2.24, 2.45) is 0 Å². The van der Waals surface area contributed by atoms with Crippen molar-refractivity contribution in [3.05, 3.63) is 59.7 Å². The van der Waals surface area contributed by atoms with E-state index in [1.54, 1.807) is 0 Å². The van der Waals surface area contributed by atoms with Gasteiger partial charge in [-0.2, -0.15) is 0 Å². The fraction of sp³-hybridized carbons (Fsp3) is 0.435. The molecule has 3 rings (SSSR count). The smallest absolute Gasteiger partial charge is 0.407 e. The highest BCUT2D eigenvalue weighted by Gasteiger charge is 2.28. The first-order chi connectivity index (χ1) is 13.3. The Kier molecular flexibility index (Phi) is 7.14. The lowest BCUT2D eigenvalue weighted by atomic mass is 9.95. The highest BCUT2D eigenvalue weighted by atomic mass is 16.5. The maximum atomic E-state index is 12.3. The van der Waals surface area contributed by atoms with Gasteiger partial charge in [-0.15, -0.1) is 0 Å². The number of hydrogen-bond donors (Lipinski definition) is 1. The van der Waals surface area contributed by atoms with Gasteiger partial charge >= 0.3 is 6.09 Å². The largest absolute Gasteiger partial charge is 0.457 e. The number of para-hydroxylation sites is 2. The van der Waals surface area contributed by atoms with Crippen LogP contribution < -0.4 is 10.1 Å². The average Bonchev–Trinajstić information content (AvgIpc) is 2.70. The summed E-state index contributed by atoms with van der Waals surface area (Å²) in [5.41, 5.74) is 1.90. The van der Waals surface area contributed by atoms with Gasteiger partial charge in [0.25, 0.3) is 0 Å². The van der Waals surface area contributed by atoms with Gasteiger partial charge in [0.2, 0.25) is 0 Å². The third-order valence-electron chi connectivity index (χ3n) is 4.92. The Bertz CT molecular complexity index is 698. The van der Waals surface area contributed by atoms with Crippen molar-refractivity contribution in [2.75, 3.05) is 6.61 Å². The monoisotopic (exact) mass is 367 g/mol. The lowest BCUT2D eigenvalue weighted by molar-refractivity contribution is 0.141. The molecule has 1 amide bonds. The summed E-state index contributed by atoms with van der Waals surface area (Å²) in [7, 11) is 0. The number of benzene rings is 2. The lowest BCUT2D eigenvalue weighted by Gasteiger charge is -2.28. The molecule has 0 saturated heterocycles. The molecule has 0 aromatic heterocycles. The van der Waals surface area contributed by atoms with Gasteiger partial charge in [0.15, 0.2) is 0 Å². The molecule has 4 nitrogen and oxygen atoms in total. The second-order valence-corrected chi connectivity index (χ2v) is 7.01. The van der Waals surface area contributed by atoms with Crippen molar-refractivity contribution < 1.29 is 14.3 Å². The lowest BCUT2D eigenvalue weighted by Crippen LogP contribution is -2.31. The fourth-order valence-corrected chi connectivity index (χ4v) is 3.45. The van der Waals surface area contributed by atoms with Crippen LogP contribution in [0.25, 0.3) is 0 Å². The minimum absolute atomic E-state index is 0.257. The molecule has 0 spiro atoms. The number of hydrogen-bond acceptors (Lipinski definition) is 3. The van der Waals surface area contributed by atoms with E-state index in [-0.39, 0.29) is 12.1 Å². The van der Waals surface area contributed by atoms with Crippen LogP contribution in [-0.2, 0) is 4.74 Å². The Labute approximate surface area is 161 Å². The topological polar surface area (TPSA) is 47.6 Å². The highest BCUT2D eigenvalue weighted by molar-refractivity contribution is 5.70. The molecule has 0 radical (unpaired) electrons. The molecule has 0 bridgehead atoms. The Morgan fingerprint density at radius 3 is 2.07 bits per heavy atom. The fourth-order valence-electron chi connectivity index (χ4n) is 3.45. The molecule has 0 aliphatic carbocycles. The second kappa shape index (κ2) is 10.0. The Morgan fingerprint density at radius 1 is 0.889 bits per heavy atom. The predicted molar refractivity (Wildman–Crippen MR) is 107 cm³/mol. The van der Waals surface area contributed by atoms with E-state index in [1.165, 1.54) is 32.1 Å². The summed E-state index contributed by atoms with van der Waals surface area (Å²) in [5.74, 6) is 1.54. The van der Waals surface area contributed by atoms with Crippen LogP contribution in [0, 0.1) is 0 Å². The molecule has 0 atom stereocenters. The minimum atomic E-state index is -0.377. The number of unbranched alkanes of at least 4 members (excludes halogenated alkanes) is 6.